The van der Waals surface area contributed by atoms with Crippen molar-refractivity contribution in [3.63, 3.8) is 0 Å². The van der Waals surface area contributed by atoms with Crippen LogP contribution in [0, 0.1) is 0 Å². The lowest BCUT2D eigenvalue weighted by Crippen LogP contribution is -2.33. The van der Waals surface area contributed by atoms with E-state index in [1.165, 1.54) is 23.8 Å². The summed E-state index contributed by atoms with van der Waals surface area (Å²) in [5, 5.41) is 15.8. The molecule has 15 heavy (non-hydrogen) atoms. The Morgan fingerprint density at radius 1 is 1.60 bits per heavy atom. The van der Waals surface area contributed by atoms with Gasteiger partial charge >= 0.3 is 12.0 Å². The third kappa shape index (κ3) is 3.55. The van der Waals surface area contributed by atoms with Crippen LogP contribution in [0.4, 0.5) is 4.79 Å². The summed E-state index contributed by atoms with van der Waals surface area (Å²) in [5.74, 6) is -1.03. The molecule has 0 atom stereocenters. The topological polar surface area (TPSA) is 91.3 Å². The Labute approximate surface area is 90.3 Å². The number of carbonyl (C=O) groups excluding carboxylic acids is 1. The van der Waals surface area contributed by atoms with Crippen molar-refractivity contribution < 1.29 is 14.7 Å². The van der Waals surface area contributed by atoms with E-state index in [-0.39, 0.29) is 11.7 Å². The molecule has 0 unspecified atom stereocenters. The quantitative estimate of drug-likeness (QED) is 0.693. The predicted octanol–water partition coefficient (Wildman–Crippen LogP) is 0.313. The summed E-state index contributed by atoms with van der Waals surface area (Å²) in [4.78, 5) is 25.2. The summed E-state index contributed by atoms with van der Waals surface area (Å²) in [6, 6.07) is -0.259. The van der Waals surface area contributed by atoms with E-state index >= 15 is 0 Å². The van der Waals surface area contributed by atoms with E-state index in [0.29, 0.717) is 18.0 Å². The van der Waals surface area contributed by atoms with Gasteiger partial charge in [-0.1, -0.05) is 0 Å². The van der Waals surface area contributed by atoms with Gasteiger partial charge in [0.2, 0.25) is 0 Å². The number of hydrogen-bond acceptors (Lipinski definition) is 4. The van der Waals surface area contributed by atoms with Crippen LogP contribution in [0.3, 0.4) is 0 Å². The average molecular weight is 229 g/mol. The van der Waals surface area contributed by atoms with Crippen molar-refractivity contribution in [3.05, 3.63) is 16.1 Å². The number of carbonyl (C=O) groups is 2. The maximum absolute atomic E-state index is 10.8. The zero-order chi connectivity index (χ0) is 11.3. The molecular formula is C8H11N3O3S. The molecule has 82 valence electrons. The van der Waals surface area contributed by atoms with Crippen LogP contribution in [-0.2, 0) is 6.42 Å². The highest BCUT2D eigenvalue weighted by molar-refractivity contribution is 7.09. The van der Waals surface area contributed by atoms with Gasteiger partial charge in [0.15, 0.2) is 5.69 Å². The molecule has 0 aliphatic heterocycles. The molecule has 1 aromatic rings. The first-order chi connectivity index (χ1) is 7.13. The largest absolute Gasteiger partial charge is 0.476 e. The second-order valence-electron chi connectivity index (χ2n) is 2.69. The monoisotopic (exact) mass is 229 g/mol. The second-order valence-corrected chi connectivity index (χ2v) is 3.63. The first kappa shape index (κ1) is 11.4. The van der Waals surface area contributed by atoms with Gasteiger partial charge in [-0.15, -0.1) is 11.3 Å². The highest BCUT2D eigenvalue weighted by atomic mass is 32.1. The molecule has 7 heteroatoms. The highest BCUT2D eigenvalue weighted by Gasteiger charge is 2.08. The van der Waals surface area contributed by atoms with Gasteiger partial charge in [0.1, 0.15) is 0 Å². The van der Waals surface area contributed by atoms with Gasteiger partial charge in [-0.2, -0.15) is 0 Å². The third-order valence-corrected chi connectivity index (χ3v) is 2.53. The minimum absolute atomic E-state index is 0.0509. The zero-order valence-electron chi connectivity index (χ0n) is 8.11. The number of carboxylic acids is 1. The molecule has 0 bridgehead atoms. The van der Waals surface area contributed by atoms with Crippen LogP contribution in [0.5, 0.6) is 0 Å². The Hall–Kier alpha value is -1.63. The van der Waals surface area contributed by atoms with Crippen LogP contribution >= 0.6 is 11.3 Å². The van der Waals surface area contributed by atoms with Gasteiger partial charge < -0.3 is 15.7 Å². The van der Waals surface area contributed by atoms with E-state index in [1.807, 2.05) is 0 Å². The highest BCUT2D eigenvalue weighted by Crippen LogP contribution is 2.09. The van der Waals surface area contributed by atoms with E-state index in [2.05, 4.69) is 15.6 Å². The summed E-state index contributed by atoms with van der Waals surface area (Å²) in [6.07, 6.45) is 0.533. The first-order valence-electron chi connectivity index (χ1n) is 4.26. The summed E-state index contributed by atoms with van der Waals surface area (Å²) < 4.78 is 0. The molecule has 1 heterocycles. The molecule has 2 amide bonds. The summed E-state index contributed by atoms with van der Waals surface area (Å²) in [6.45, 7) is 0.437. The van der Waals surface area contributed by atoms with Crippen molar-refractivity contribution in [1.82, 2.24) is 15.6 Å². The van der Waals surface area contributed by atoms with Crippen LogP contribution in [0.2, 0.25) is 0 Å². The number of aromatic carboxylic acids is 1. The van der Waals surface area contributed by atoms with Gasteiger partial charge in [0.25, 0.3) is 0 Å². The first-order valence-corrected chi connectivity index (χ1v) is 5.14. The van der Waals surface area contributed by atoms with Crippen LogP contribution in [-0.4, -0.2) is 35.7 Å². The Morgan fingerprint density at radius 2 is 2.33 bits per heavy atom. The van der Waals surface area contributed by atoms with E-state index < -0.39 is 5.97 Å². The lowest BCUT2D eigenvalue weighted by atomic mass is 10.4. The van der Waals surface area contributed by atoms with Crippen molar-refractivity contribution in [3.8, 4) is 0 Å². The van der Waals surface area contributed by atoms with Gasteiger partial charge in [-0.3, -0.25) is 0 Å². The Balaban J connectivity index is 2.38. The van der Waals surface area contributed by atoms with Crippen molar-refractivity contribution in [1.29, 1.82) is 0 Å². The second kappa shape index (κ2) is 5.30. The summed E-state index contributed by atoms with van der Waals surface area (Å²) in [5.41, 5.74) is 0.0509. The maximum Gasteiger partial charge on any atom is 0.355 e. The lowest BCUT2D eigenvalue weighted by molar-refractivity contribution is 0.0691. The molecular weight excluding hydrogens is 218 g/mol. The van der Waals surface area contributed by atoms with E-state index in [4.69, 9.17) is 5.11 Å². The smallest absolute Gasteiger partial charge is 0.355 e. The number of nitrogens with one attached hydrogen (secondary N) is 2. The van der Waals surface area contributed by atoms with Gasteiger partial charge in [0, 0.05) is 25.4 Å². The summed E-state index contributed by atoms with van der Waals surface area (Å²) in [7, 11) is 1.53. The van der Waals surface area contributed by atoms with Crippen LogP contribution in [0.15, 0.2) is 5.38 Å². The fourth-order valence-electron chi connectivity index (χ4n) is 0.895. The molecule has 0 aliphatic carbocycles. The molecule has 1 rings (SSSR count). The normalized spacial score (nSPS) is 9.67. The van der Waals surface area contributed by atoms with Crippen molar-refractivity contribution >= 4 is 23.3 Å². The number of carboxylic acid groups (broad SMARTS) is 1. The Morgan fingerprint density at radius 3 is 2.87 bits per heavy atom. The molecule has 0 aromatic carbocycles. The van der Waals surface area contributed by atoms with Crippen LogP contribution in [0.1, 0.15) is 15.5 Å². The molecule has 0 saturated carbocycles. The summed E-state index contributed by atoms with van der Waals surface area (Å²) >= 11 is 1.27. The zero-order valence-corrected chi connectivity index (χ0v) is 8.93. The minimum Gasteiger partial charge on any atom is -0.476 e. The fraction of sp³-hybridized carbons (Fsp3) is 0.375. The molecule has 0 radical (unpaired) electrons. The van der Waals surface area contributed by atoms with E-state index in [9.17, 15) is 9.59 Å². The number of nitrogens with zero attached hydrogens (tertiary/aromatic N) is 1. The molecule has 6 nitrogen and oxygen atoms in total. The van der Waals surface area contributed by atoms with Gasteiger partial charge in [-0.05, 0) is 0 Å². The van der Waals surface area contributed by atoms with Crippen molar-refractivity contribution in [2.24, 2.45) is 0 Å². The Kier molecular flexibility index (Phi) is 4.04. The number of amides is 2. The minimum atomic E-state index is -1.03. The molecule has 0 aliphatic rings. The van der Waals surface area contributed by atoms with Gasteiger partial charge in [0.05, 0.1) is 5.01 Å². The molecule has 1 aromatic heterocycles. The number of urea groups is 1. The number of aromatic nitrogens is 1. The van der Waals surface area contributed by atoms with Crippen molar-refractivity contribution in [2.45, 2.75) is 6.42 Å². The lowest BCUT2D eigenvalue weighted by Gasteiger charge is -2.01. The van der Waals surface area contributed by atoms with E-state index in [1.54, 1.807) is 0 Å². The van der Waals surface area contributed by atoms with E-state index in [0.717, 1.165) is 0 Å². The number of rotatable bonds is 4. The van der Waals surface area contributed by atoms with Crippen LogP contribution in [0.25, 0.3) is 0 Å². The predicted molar refractivity (Wildman–Crippen MR) is 55.2 cm³/mol. The van der Waals surface area contributed by atoms with Crippen molar-refractivity contribution in [2.75, 3.05) is 13.6 Å². The Bertz CT molecular complexity index is 364. The van der Waals surface area contributed by atoms with Crippen LogP contribution < -0.4 is 10.6 Å². The standard InChI is InChI=1S/C8H11N3O3S/c1-9-8(14)10-3-2-6-11-5(4-15-6)7(12)13/h4H,2-3H2,1H3,(H,12,13)(H2,9,10,14). The molecule has 0 spiro atoms. The maximum atomic E-state index is 10.8. The average Bonchev–Trinajstić information content (AvgIpc) is 2.66. The molecule has 0 fully saturated rings. The fourth-order valence-corrected chi connectivity index (χ4v) is 1.67. The number of hydrogen-bond donors (Lipinski definition) is 3. The SMILES string of the molecule is CNC(=O)NCCc1nc(C(=O)O)cs1. The number of thiazole rings is 1. The van der Waals surface area contributed by atoms with Gasteiger partial charge in [-0.25, -0.2) is 14.6 Å². The third-order valence-electron chi connectivity index (χ3n) is 1.62. The molecule has 3 N–H and O–H groups in total. The molecule has 0 saturated heterocycles.